The van der Waals surface area contributed by atoms with Crippen LogP contribution in [0.2, 0.25) is 0 Å². The van der Waals surface area contributed by atoms with Crippen molar-refractivity contribution in [3.05, 3.63) is 17.5 Å². The summed E-state index contributed by atoms with van der Waals surface area (Å²) in [6.07, 6.45) is 1.62. The number of anilines is 1. The summed E-state index contributed by atoms with van der Waals surface area (Å²) in [5, 5.41) is 12.6. The highest BCUT2D eigenvalue weighted by Gasteiger charge is 2.29. The molecule has 0 spiro atoms. The Balaban J connectivity index is 1.94. The van der Waals surface area contributed by atoms with Gasteiger partial charge in [0.25, 0.3) is 0 Å². The zero-order valence-corrected chi connectivity index (χ0v) is 16.0. The van der Waals surface area contributed by atoms with Gasteiger partial charge < -0.3 is 20.9 Å². The molecule has 1 aromatic rings. The summed E-state index contributed by atoms with van der Waals surface area (Å²) in [6, 6.07) is 0. The van der Waals surface area contributed by atoms with Crippen molar-refractivity contribution in [1.82, 2.24) is 14.7 Å². The van der Waals surface area contributed by atoms with Crippen LogP contribution in [0.5, 0.6) is 0 Å². The Labute approximate surface area is 153 Å². The molecule has 3 rings (SSSR count). The van der Waals surface area contributed by atoms with Gasteiger partial charge in [-0.2, -0.15) is 5.10 Å². The topological polar surface area (TPSA) is 122 Å². The molecule has 1 saturated heterocycles. The first-order valence-electron chi connectivity index (χ1n) is 8.85. The van der Waals surface area contributed by atoms with Crippen LogP contribution in [0.3, 0.4) is 0 Å². The predicted molar refractivity (Wildman–Crippen MR) is 105 cm³/mol. The average molecular weight is 358 g/mol. The van der Waals surface area contributed by atoms with Gasteiger partial charge in [0.15, 0.2) is 11.7 Å². The van der Waals surface area contributed by atoms with Crippen LogP contribution in [0, 0.1) is 12.3 Å². The molecule has 0 bridgehead atoms. The lowest BCUT2D eigenvalue weighted by Crippen LogP contribution is -2.57. The number of nitrogens with zero attached hydrogens (tertiary/aromatic N) is 6. The van der Waals surface area contributed by atoms with Gasteiger partial charge in [-0.15, -0.1) is 0 Å². The van der Waals surface area contributed by atoms with Crippen LogP contribution in [-0.4, -0.2) is 76.8 Å². The van der Waals surface area contributed by atoms with E-state index in [-0.39, 0.29) is 0 Å². The number of quaternary nitrogens is 1. The molecule has 9 heteroatoms. The zero-order chi connectivity index (χ0) is 19.1. The van der Waals surface area contributed by atoms with E-state index in [0.717, 1.165) is 36.4 Å². The minimum atomic E-state index is 0.322. The number of nitrogens with two attached hydrogens (primary N) is 2. The number of nitrogens with one attached hydrogen (secondary N) is 1. The fraction of sp³-hybridized carbons (Fsp3) is 0.529. The summed E-state index contributed by atoms with van der Waals surface area (Å²) in [6.45, 7) is 8.23. The Kier molecular flexibility index (Phi) is 4.57. The average Bonchev–Trinajstić information content (AvgIpc) is 2.85. The predicted octanol–water partition coefficient (Wildman–Crippen LogP) is 0.490. The van der Waals surface area contributed by atoms with Gasteiger partial charge in [0.1, 0.15) is 11.5 Å². The third-order valence-electron chi connectivity index (χ3n) is 4.91. The summed E-state index contributed by atoms with van der Waals surface area (Å²) in [4.78, 5) is 11.3. The number of hydrogen-bond acceptors (Lipinski definition) is 6. The number of amidine groups is 2. The van der Waals surface area contributed by atoms with Crippen molar-refractivity contribution in [2.75, 3.05) is 46.0 Å². The number of hydrogen-bond donors (Lipinski definition) is 3. The Morgan fingerprint density at radius 1 is 1.27 bits per heavy atom. The van der Waals surface area contributed by atoms with Crippen molar-refractivity contribution >= 4 is 28.9 Å². The normalized spacial score (nSPS) is 21.8. The van der Waals surface area contributed by atoms with Crippen molar-refractivity contribution in [2.24, 2.45) is 15.7 Å². The largest absolute Gasteiger partial charge is 0.396 e. The quantitative estimate of drug-likeness (QED) is 0.666. The van der Waals surface area contributed by atoms with E-state index in [1.807, 2.05) is 13.8 Å². The number of likely N-dealkylation sites (N-methyl/N-ethyl adjacent to an activating group) is 1. The number of piperazine rings is 1. The summed E-state index contributed by atoms with van der Waals surface area (Å²) in [7, 11) is 4.43. The Morgan fingerprint density at radius 3 is 2.50 bits per heavy atom. The molecule has 1 fully saturated rings. The molecule has 3 heterocycles. The van der Waals surface area contributed by atoms with Gasteiger partial charge in [-0.05, 0) is 19.9 Å². The van der Waals surface area contributed by atoms with Crippen molar-refractivity contribution < 1.29 is 4.48 Å². The monoisotopic (exact) mass is 358 g/mol. The van der Waals surface area contributed by atoms with E-state index in [0.29, 0.717) is 41.1 Å². The number of aromatic nitrogens is 2. The van der Waals surface area contributed by atoms with Gasteiger partial charge >= 0.3 is 0 Å². The molecule has 5 N–H and O–H groups in total. The lowest BCUT2D eigenvalue weighted by Gasteiger charge is -2.40. The van der Waals surface area contributed by atoms with Crippen molar-refractivity contribution in [2.45, 2.75) is 20.4 Å². The summed E-state index contributed by atoms with van der Waals surface area (Å²) < 4.78 is 2.68. The van der Waals surface area contributed by atoms with E-state index < -0.39 is 0 Å². The van der Waals surface area contributed by atoms with E-state index in [4.69, 9.17) is 16.9 Å². The molecule has 0 amide bonds. The van der Waals surface area contributed by atoms with Crippen LogP contribution in [0.4, 0.5) is 11.5 Å². The van der Waals surface area contributed by atoms with Crippen LogP contribution in [0.1, 0.15) is 12.6 Å². The Morgan fingerprint density at radius 2 is 1.92 bits per heavy atom. The van der Waals surface area contributed by atoms with Gasteiger partial charge in [0, 0.05) is 6.54 Å². The summed E-state index contributed by atoms with van der Waals surface area (Å²) in [5.41, 5.74) is 14.2. The standard InChI is InChI=1S/C17H28N9/c1-5-25-15(20)14(11(2)23-25)21-16-12(18)10-13(19)17(22-16)24-6-8-26(3,4)9-7-24/h10,19H,5-9,18,20H2,1-4H3/q+1/b19-13?,21-16-. The fourth-order valence-electron chi connectivity index (χ4n) is 3.13. The molecule has 0 atom stereocenters. The lowest BCUT2D eigenvalue weighted by atomic mass is 10.1. The highest BCUT2D eigenvalue weighted by atomic mass is 15.4. The van der Waals surface area contributed by atoms with Crippen molar-refractivity contribution in [3.63, 3.8) is 0 Å². The minimum absolute atomic E-state index is 0.322. The molecule has 0 unspecified atom stereocenters. The number of dihydropyridines is 1. The Bertz CT molecular complexity index is 816. The van der Waals surface area contributed by atoms with Crippen molar-refractivity contribution in [3.8, 4) is 0 Å². The van der Waals surface area contributed by atoms with E-state index in [9.17, 15) is 0 Å². The lowest BCUT2D eigenvalue weighted by molar-refractivity contribution is -0.894. The summed E-state index contributed by atoms with van der Waals surface area (Å²) in [5.74, 6) is 1.51. The van der Waals surface area contributed by atoms with Gasteiger partial charge in [-0.1, -0.05) is 0 Å². The molecule has 2 aliphatic heterocycles. The maximum absolute atomic E-state index is 8.27. The molecule has 0 radical (unpaired) electrons. The third-order valence-corrected chi connectivity index (χ3v) is 4.91. The van der Waals surface area contributed by atoms with Crippen LogP contribution < -0.4 is 11.5 Å². The fourth-order valence-corrected chi connectivity index (χ4v) is 3.13. The molecule has 1 aromatic heterocycles. The first-order valence-corrected chi connectivity index (χ1v) is 8.85. The van der Waals surface area contributed by atoms with Crippen LogP contribution in [0.15, 0.2) is 21.8 Å². The van der Waals surface area contributed by atoms with E-state index in [1.54, 1.807) is 10.8 Å². The summed E-state index contributed by atoms with van der Waals surface area (Å²) >= 11 is 0. The highest BCUT2D eigenvalue weighted by Crippen LogP contribution is 2.27. The second-order valence-electron chi connectivity index (χ2n) is 7.39. The van der Waals surface area contributed by atoms with Gasteiger partial charge in [0.2, 0.25) is 0 Å². The molecular formula is C17H28N9+. The zero-order valence-electron chi connectivity index (χ0n) is 16.0. The second-order valence-corrected chi connectivity index (χ2v) is 7.39. The third kappa shape index (κ3) is 3.34. The molecule has 2 aliphatic rings. The maximum atomic E-state index is 8.27. The maximum Gasteiger partial charge on any atom is 0.178 e. The molecule has 0 aliphatic carbocycles. The highest BCUT2D eigenvalue weighted by molar-refractivity contribution is 6.48. The first kappa shape index (κ1) is 18.1. The first-order chi connectivity index (χ1) is 12.2. The van der Waals surface area contributed by atoms with Gasteiger partial charge in [0.05, 0.1) is 57.4 Å². The molecule has 0 saturated carbocycles. The van der Waals surface area contributed by atoms with Crippen LogP contribution >= 0.6 is 0 Å². The molecule has 0 aromatic carbocycles. The van der Waals surface area contributed by atoms with E-state index in [1.165, 1.54) is 0 Å². The molecule has 26 heavy (non-hydrogen) atoms. The Hall–Kier alpha value is -2.68. The SMILES string of the molecule is CCn1nc(C)c(/N=C2\N=C(N3CC[N+](C)(C)CC3)C(=N)C=C2N)c1N. The molecule has 140 valence electrons. The number of nitrogen functional groups attached to an aromatic ring is 1. The minimum Gasteiger partial charge on any atom is -0.396 e. The van der Waals surface area contributed by atoms with Crippen LogP contribution in [0.25, 0.3) is 0 Å². The van der Waals surface area contributed by atoms with E-state index in [2.05, 4.69) is 34.1 Å². The van der Waals surface area contributed by atoms with Gasteiger partial charge in [-0.25, -0.2) is 14.7 Å². The smallest absolute Gasteiger partial charge is 0.178 e. The number of aryl methyl sites for hydroxylation is 2. The molecule has 9 nitrogen and oxygen atoms in total. The molecular weight excluding hydrogens is 330 g/mol. The number of rotatable bonds is 2. The van der Waals surface area contributed by atoms with Gasteiger partial charge in [-0.3, -0.25) is 5.41 Å². The second kappa shape index (κ2) is 6.56. The van der Waals surface area contributed by atoms with Crippen molar-refractivity contribution in [1.29, 1.82) is 5.41 Å². The number of aliphatic imine (C=N–C) groups is 2. The van der Waals surface area contributed by atoms with E-state index >= 15 is 0 Å². The van der Waals surface area contributed by atoms with Crippen LogP contribution in [-0.2, 0) is 6.54 Å².